The van der Waals surface area contributed by atoms with Gasteiger partial charge in [-0.1, -0.05) is 23.7 Å². The number of esters is 1. The number of ether oxygens (including phenoxy) is 1. The number of anilines is 1. The number of benzene rings is 1. The third kappa shape index (κ3) is 4.33. The van der Waals surface area contributed by atoms with E-state index >= 15 is 0 Å². The highest BCUT2D eigenvalue weighted by atomic mass is 35.5. The zero-order valence-electron chi connectivity index (χ0n) is 16.8. The van der Waals surface area contributed by atoms with Crippen LogP contribution in [0.2, 0.25) is 5.02 Å². The zero-order chi connectivity index (χ0) is 22.0. The van der Waals surface area contributed by atoms with Crippen LogP contribution >= 0.6 is 23.1 Å². The van der Waals surface area contributed by atoms with Crippen molar-refractivity contribution in [2.24, 2.45) is 5.10 Å². The standard InChI is InChI=1S/C21H19ClN4O4S/c1-12-19(20(23-2)31-25-12)21(28)30-11-18(27)26-16(17-4-3-9-29-17)10-15(24-26)13-5-7-14(22)8-6-13/h3-9,16,23H,10-11H2,1-2H3. The first-order valence-electron chi connectivity index (χ1n) is 9.48. The molecular weight excluding hydrogens is 440 g/mol. The molecular formula is C21H19ClN4O4S. The fourth-order valence-electron chi connectivity index (χ4n) is 3.31. The van der Waals surface area contributed by atoms with E-state index in [9.17, 15) is 9.59 Å². The van der Waals surface area contributed by atoms with Gasteiger partial charge in [0.25, 0.3) is 5.91 Å². The number of hydrogen-bond donors (Lipinski definition) is 1. The Morgan fingerprint density at radius 2 is 2.10 bits per heavy atom. The maximum Gasteiger partial charge on any atom is 0.343 e. The normalized spacial score (nSPS) is 15.6. The van der Waals surface area contributed by atoms with Gasteiger partial charge in [-0.25, -0.2) is 9.80 Å². The molecule has 8 nitrogen and oxygen atoms in total. The number of hydrazone groups is 1. The Kier molecular flexibility index (Phi) is 6.06. The summed E-state index contributed by atoms with van der Waals surface area (Å²) in [6, 6.07) is 10.3. The van der Waals surface area contributed by atoms with E-state index in [0.717, 1.165) is 17.1 Å². The second kappa shape index (κ2) is 8.91. The Hall–Kier alpha value is -3.17. The number of carbonyl (C=O) groups is 2. The van der Waals surface area contributed by atoms with E-state index in [1.807, 2.05) is 12.1 Å². The minimum atomic E-state index is -0.611. The molecule has 31 heavy (non-hydrogen) atoms. The molecule has 0 radical (unpaired) electrons. The van der Waals surface area contributed by atoms with E-state index < -0.39 is 24.5 Å². The molecule has 4 rings (SSSR count). The average molecular weight is 459 g/mol. The first-order valence-corrected chi connectivity index (χ1v) is 10.6. The van der Waals surface area contributed by atoms with Crippen LogP contribution in [0.4, 0.5) is 5.00 Å². The molecule has 1 N–H and O–H groups in total. The summed E-state index contributed by atoms with van der Waals surface area (Å²) in [7, 11) is 1.69. The van der Waals surface area contributed by atoms with Gasteiger partial charge in [-0.2, -0.15) is 9.47 Å². The van der Waals surface area contributed by atoms with Crippen molar-refractivity contribution in [2.75, 3.05) is 19.0 Å². The molecule has 1 aliphatic heterocycles. The van der Waals surface area contributed by atoms with Crippen molar-refractivity contribution in [3.8, 4) is 0 Å². The monoisotopic (exact) mass is 458 g/mol. The van der Waals surface area contributed by atoms with Gasteiger partial charge in [0.15, 0.2) is 6.61 Å². The lowest BCUT2D eigenvalue weighted by Gasteiger charge is -2.19. The van der Waals surface area contributed by atoms with E-state index in [4.69, 9.17) is 20.8 Å². The van der Waals surface area contributed by atoms with Crippen LogP contribution in [0.3, 0.4) is 0 Å². The molecule has 1 unspecified atom stereocenters. The predicted octanol–water partition coefficient (Wildman–Crippen LogP) is 4.27. The molecule has 1 aliphatic rings. The van der Waals surface area contributed by atoms with Crippen LogP contribution in [0.1, 0.15) is 39.8 Å². The van der Waals surface area contributed by atoms with Crippen LogP contribution in [0.5, 0.6) is 0 Å². The van der Waals surface area contributed by atoms with Gasteiger partial charge in [-0.05, 0) is 48.3 Å². The minimum Gasteiger partial charge on any atom is -0.467 e. The number of aromatic nitrogens is 1. The fraction of sp³-hybridized carbons (Fsp3) is 0.238. The van der Waals surface area contributed by atoms with Gasteiger partial charge in [-0.15, -0.1) is 0 Å². The molecule has 0 bridgehead atoms. The molecule has 2 aromatic heterocycles. The van der Waals surface area contributed by atoms with Crippen LogP contribution in [0, 0.1) is 6.92 Å². The Bertz CT molecular complexity index is 1120. The first-order chi connectivity index (χ1) is 15.0. The minimum absolute atomic E-state index is 0.328. The molecule has 0 spiro atoms. The third-order valence-electron chi connectivity index (χ3n) is 4.84. The Morgan fingerprint density at radius 1 is 1.32 bits per heavy atom. The number of rotatable bonds is 6. The maximum absolute atomic E-state index is 12.9. The summed E-state index contributed by atoms with van der Waals surface area (Å²) in [5.41, 5.74) is 2.44. The quantitative estimate of drug-likeness (QED) is 0.554. The summed E-state index contributed by atoms with van der Waals surface area (Å²) in [5.74, 6) is -0.465. The second-order valence-electron chi connectivity index (χ2n) is 6.83. The Labute approximate surface area is 187 Å². The highest BCUT2D eigenvalue weighted by molar-refractivity contribution is 7.10. The van der Waals surface area contributed by atoms with Crippen molar-refractivity contribution in [1.82, 2.24) is 9.38 Å². The van der Waals surface area contributed by atoms with Crippen LogP contribution in [-0.2, 0) is 9.53 Å². The largest absolute Gasteiger partial charge is 0.467 e. The maximum atomic E-state index is 12.9. The molecule has 0 saturated heterocycles. The number of aryl methyl sites for hydroxylation is 1. The van der Waals surface area contributed by atoms with Crippen LogP contribution in [-0.4, -0.2) is 40.6 Å². The lowest BCUT2D eigenvalue weighted by molar-refractivity contribution is -0.136. The number of carbonyl (C=O) groups excluding carboxylic acids is 2. The summed E-state index contributed by atoms with van der Waals surface area (Å²) in [5, 5.41) is 9.93. The number of nitrogens with zero attached hydrogens (tertiary/aromatic N) is 3. The average Bonchev–Trinajstić information content (AvgIpc) is 3.51. The van der Waals surface area contributed by atoms with Crippen molar-refractivity contribution in [1.29, 1.82) is 0 Å². The summed E-state index contributed by atoms with van der Waals surface area (Å²) < 4.78 is 15.0. The molecule has 1 amide bonds. The molecule has 0 aliphatic carbocycles. The zero-order valence-corrected chi connectivity index (χ0v) is 18.4. The van der Waals surface area contributed by atoms with Crippen molar-refractivity contribution in [3.63, 3.8) is 0 Å². The lowest BCUT2D eigenvalue weighted by Crippen LogP contribution is -2.31. The SMILES string of the molecule is CNc1snc(C)c1C(=O)OCC(=O)N1N=C(c2ccc(Cl)cc2)CC1c1ccco1. The third-order valence-corrected chi connectivity index (χ3v) is 6.04. The fourth-order valence-corrected chi connectivity index (χ4v) is 4.17. The Morgan fingerprint density at radius 3 is 2.77 bits per heavy atom. The van der Waals surface area contributed by atoms with E-state index in [1.165, 1.54) is 5.01 Å². The van der Waals surface area contributed by atoms with Gasteiger partial charge >= 0.3 is 5.97 Å². The number of halogens is 1. The van der Waals surface area contributed by atoms with E-state index in [1.54, 1.807) is 44.5 Å². The molecule has 1 aromatic carbocycles. The lowest BCUT2D eigenvalue weighted by atomic mass is 10.0. The molecule has 0 fully saturated rings. The number of furan rings is 1. The Balaban J connectivity index is 1.53. The molecule has 1 atom stereocenters. The van der Waals surface area contributed by atoms with Gasteiger partial charge in [0.05, 0.1) is 17.7 Å². The van der Waals surface area contributed by atoms with Crippen LogP contribution in [0.15, 0.2) is 52.2 Å². The molecule has 3 heterocycles. The molecule has 3 aromatic rings. The number of amides is 1. The first kappa shape index (κ1) is 21.1. The second-order valence-corrected chi connectivity index (χ2v) is 8.04. The van der Waals surface area contributed by atoms with Gasteiger partial charge in [0, 0.05) is 18.5 Å². The predicted molar refractivity (Wildman–Crippen MR) is 118 cm³/mol. The van der Waals surface area contributed by atoms with Crippen LogP contribution in [0.25, 0.3) is 0 Å². The van der Waals surface area contributed by atoms with Gasteiger partial charge in [-0.3, -0.25) is 4.79 Å². The van der Waals surface area contributed by atoms with E-state index in [0.29, 0.717) is 39.2 Å². The van der Waals surface area contributed by atoms with Gasteiger partial charge < -0.3 is 14.5 Å². The van der Waals surface area contributed by atoms with Gasteiger partial charge in [0.2, 0.25) is 0 Å². The topological polar surface area (TPSA) is 97.0 Å². The smallest absolute Gasteiger partial charge is 0.343 e. The van der Waals surface area contributed by atoms with Gasteiger partial charge in [0.1, 0.15) is 22.4 Å². The highest BCUT2D eigenvalue weighted by Crippen LogP contribution is 2.33. The van der Waals surface area contributed by atoms with Crippen molar-refractivity contribution in [2.45, 2.75) is 19.4 Å². The summed E-state index contributed by atoms with van der Waals surface area (Å²) in [4.78, 5) is 25.5. The molecule has 0 saturated carbocycles. The molecule has 160 valence electrons. The van der Waals surface area contributed by atoms with Crippen molar-refractivity contribution in [3.05, 3.63) is 70.3 Å². The van der Waals surface area contributed by atoms with E-state index in [2.05, 4.69) is 14.8 Å². The summed E-state index contributed by atoms with van der Waals surface area (Å²) >= 11 is 7.14. The number of nitrogens with one attached hydrogen (secondary N) is 1. The number of hydrogen-bond acceptors (Lipinski definition) is 8. The molecule has 10 heteroatoms. The summed E-state index contributed by atoms with van der Waals surface area (Å²) in [6.45, 7) is 1.26. The van der Waals surface area contributed by atoms with Crippen LogP contribution < -0.4 is 5.32 Å². The van der Waals surface area contributed by atoms with Crippen molar-refractivity contribution < 1.29 is 18.7 Å². The summed E-state index contributed by atoms with van der Waals surface area (Å²) in [6.07, 6.45) is 2.01. The highest BCUT2D eigenvalue weighted by Gasteiger charge is 2.35. The van der Waals surface area contributed by atoms with Crippen molar-refractivity contribution >= 4 is 45.7 Å². The van der Waals surface area contributed by atoms with E-state index in [-0.39, 0.29) is 0 Å².